The van der Waals surface area contributed by atoms with Crippen LogP contribution in [-0.4, -0.2) is 5.78 Å². The summed E-state index contributed by atoms with van der Waals surface area (Å²) < 4.78 is 14.2. The normalized spacial score (nSPS) is 10.6. The maximum atomic E-state index is 13.7. The van der Waals surface area contributed by atoms with E-state index in [4.69, 9.17) is 0 Å². The highest BCUT2D eigenvalue weighted by Gasteiger charge is 2.20. The molecule has 0 radical (unpaired) electrons. The van der Waals surface area contributed by atoms with Gasteiger partial charge in [0.15, 0.2) is 0 Å². The summed E-state index contributed by atoms with van der Waals surface area (Å²) in [6.45, 7) is 3.80. The molecule has 0 fully saturated rings. The first kappa shape index (κ1) is 12.5. The molecule has 0 spiro atoms. The Morgan fingerprint density at radius 2 is 2.06 bits per heavy atom. The molecular weight excluding hydrogens is 303 g/mol. The van der Waals surface area contributed by atoms with E-state index >= 15 is 0 Å². The summed E-state index contributed by atoms with van der Waals surface area (Å²) >= 11 is 4.62. The average molecular weight is 313 g/mol. The summed E-state index contributed by atoms with van der Waals surface area (Å²) in [7, 11) is 0. The zero-order valence-corrected chi connectivity index (χ0v) is 11.8. The second kappa shape index (κ2) is 4.70. The molecule has 0 amide bonds. The predicted octanol–water partition coefficient (Wildman–Crippen LogP) is 4.50. The smallest absolute Gasteiger partial charge is 0.207 e. The lowest BCUT2D eigenvalue weighted by atomic mass is 10.1. The molecule has 17 heavy (non-hydrogen) atoms. The van der Waals surface area contributed by atoms with E-state index in [0.29, 0.717) is 9.35 Å². The van der Waals surface area contributed by atoms with Crippen LogP contribution < -0.4 is 0 Å². The molecule has 4 heteroatoms. The third-order valence-electron chi connectivity index (χ3n) is 2.44. The van der Waals surface area contributed by atoms with Crippen LogP contribution in [-0.2, 0) is 0 Å². The molecule has 1 nitrogen and oxygen atoms in total. The van der Waals surface area contributed by atoms with Crippen molar-refractivity contribution in [2.75, 3.05) is 0 Å². The highest BCUT2D eigenvalue weighted by atomic mass is 79.9. The highest BCUT2D eigenvalue weighted by Crippen LogP contribution is 2.28. The van der Waals surface area contributed by atoms with E-state index in [9.17, 15) is 9.18 Å². The monoisotopic (exact) mass is 312 g/mol. The maximum absolute atomic E-state index is 13.7. The third kappa shape index (κ3) is 2.33. The van der Waals surface area contributed by atoms with Gasteiger partial charge in [-0.2, -0.15) is 0 Å². The Bertz CT molecular complexity index is 569. The molecule has 0 aliphatic carbocycles. The summed E-state index contributed by atoms with van der Waals surface area (Å²) in [5.41, 5.74) is 1.00. The van der Waals surface area contributed by atoms with E-state index < -0.39 is 5.82 Å². The number of aryl methyl sites for hydroxylation is 2. The minimum atomic E-state index is -0.491. The van der Waals surface area contributed by atoms with Crippen molar-refractivity contribution >= 4 is 33.0 Å². The number of thiophene rings is 1. The van der Waals surface area contributed by atoms with Gasteiger partial charge in [0, 0.05) is 9.35 Å². The maximum Gasteiger partial charge on any atom is 0.207 e. The highest BCUT2D eigenvalue weighted by molar-refractivity contribution is 9.10. The Morgan fingerprint density at radius 3 is 2.59 bits per heavy atom. The van der Waals surface area contributed by atoms with Crippen molar-refractivity contribution in [3.05, 3.63) is 55.4 Å². The summed E-state index contributed by atoms with van der Waals surface area (Å²) in [6, 6.07) is 6.48. The summed E-state index contributed by atoms with van der Waals surface area (Å²) in [5, 5.41) is 0. The average Bonchev–Trinajstić information content (AvgIpc) is 2.57. The van der Waals surface area contributed by atoms with Gasteiger partial charge >= 0.3 is 0 Å². The first-order valence-electron chi connectivity index (χ1n) is 5.06. The minimum absolute atomic E-state index is 0.109. The van der Waals surface area contributed by atoms with E-state index in [1.54, 1.807) is 12.1 Å². The quantitative estimate of drug-likeness (QED) is 0.746. The van der Waals surface area contributed by atoms with Crippen LogP contribution in [0.1, 0.15) is 25.7 Å². The van der Waals surface area contributed by atoms with Crippen molar-refractivity contribution in [1.82, 2.24) is 0 Å². The van der Waals surface area contributed by atoms with E-state index in [-0.39, 0.29) is 11.3 Å². The van der Waals surface area contributed by atoms with Gasteiger partial charge in [0.2, 0.25) is 5.78 Å². The van der Waals surface area contributed by atoms with Crippen LogP contribution in [0.4, 0.5) is 4.39 Å². The fourth-order valence-corrected chi connectivity index (χ4v) is 3.19. The van der Waals surface area contributed by atoms with Gasteiger partial charge in [0.05, 0.1) is 10.4 Å². The van der Waals surface area contributed by atoms with Crippen molar-refractivity contribution in [2.45, 2.75) is 13.8 Å². The molecule has 0 atom stereocenters. The first-order valence-corrected chi connectivity index (χ1v) is 6.67. The molecule has 0 aliphatic rings. The number of hydrogen-bond donors (Lipinski definition) is 0. The van der Waals surface area contributed by atoms with Gasteiger partial charge in [0.25, 0.3) is 0 Å². The Balaban J connectivity index is 2.55. The van der Waals surface area contributed by atoms with Gasteiger partial charge in [-0.1, -0.05) is 6.07 Å². The topological polar surface area (TPSA) is 17.1 Å². The number of hydrogen-bond acceptors (Lipinski definition) is 2. The lowest BCUT2D eigenvalue weighted by Crippen LogP contribution is -2.04. The fraction of sp³-hybridized carbons (Fsp3) is 0.154. The number of ketones is 1. The van der Waals surface area contributed by atoms with Gasteiger partial charge in [-0.05, 0) is 53.5 Å². The zero-order chi connectivity index (χ0) is 12.6. The molecule has 0 saturated carbocycles. The lowest BCUT2D eigenvalue weighted by Gasteiger charge is -2.04. The van der Waals surface area contributed by atoms with Crippen LogP contribution in [0.2, 0.25) is 0 Å². The molecule has 1 heterocycles. The Morgan fingerprint density at radius 1 is 1.35 bits per heavy atom. The first-order chi connectivity index (χ1) is 8.00. The minimum Gasteiger partial charge on any atom is -0.288 e. The van der Waals surface area contributed by atoms with Gasteiger partial charge in [-0.15, -0.1) is 11.3 Å². The number of rotatable bonds is 2. The van der Waals surface area contributed by atoms with E-state index in [0.717, 1.165) is 10.4 Å². The van der Waals surface area contributed by atoms with Gasteiger partial charge < -0.3 is 0 Å². The van der Waals surface area contributed by atoms with Crippen molar-refractivity contribution in [2.24, 2.45) is 0 Å². The molecule has 2 rings (SSSR count). The molecule has 0 aliphatic heterocycles. The molecule has 0 unspecified atom stereocenters. The van der Waals surface area contributed by atoms with Crippen LogP contribution in [0.3, 0.4) is 0 Å². The van der Waals surface area contributed by atoms with Gasteiger partial charge in [-0.3, -0.25) is 4.79 Å². The summed E-state index contributed by atoms with van der Waals surface area (Å²) in [6.07, 6.45) is 0. The molecule has 88 valence electrons. The van der Waals surface area contributed by atoms with Crippen molar-refractivity contribution in [1.29, 1.82) is 0 Å². The molecule has 0 saturated heterocycles. The standard InChI is InChI=1S/C13H10BrFOS/c1-7-6-8(2)17-13(7)12(16)11-9(14)4-3-5-10(11)15/h3-6H,1-2H3. The zero-order valence-electron chi connectivity index (χ0n) is 9.38. The molecule has 0 bridgehead atoms. The van der Waals surface area contributed by atoms with Crippen LogP contribution in [0, 0.1) is 19.7 Å². The third-order valence-corrected chi connectivity index (χ3v) is 4.25. The Kier molecular flexibility index (Phi) is 3.45. The van der Waals surface area contributed by atoms with Crippen LogP contribution in [0.5, 0.6) is 0 Å². The second-order valence-electron chi connectivity index (χ2n) is 3.79. The molecule has 2 aromatic rings. The SMILES string of the molecule is Cc1cc(C)c(C(=O)c2c(F)cccc2Br)s1. The number of carbonyl (C=O) groups excluding carboxylic acids is 1. The number of carbonyl (C=O) groups is 1. The molecular formula is C13H10BrFOS. The van der Waals surface area contributed by atoms with Crippen molar-refractivity contribution in [3.8, 4) is 0 Å². The van der Waals surface area contributed by atoms with Gasteiger partial charge in [-0.25, -0.2) is 4.39 Å². The van der Waals surface area contributed by atoms with E-state index in [1.165, 1.54) is 17.4 Å². The van der Waals surface area contributed by atoms with Crippen LogP contribution >= 0.6 is 27.3 Å². The number of benzene rings is 1. The predicted molar refractivity (Wildman–Crippen MR) is 71.3 cm³/mol. The van der Waals surface area contributed by atoms with Crippen molar-refractivity contribution < 1.29 is 9.18 Å². The molecule has 1 aromatic heterocycles. The Labute approximate surface area is 111 Å². The van der Waals surface area contributed by atoms with Crippen molar-refractivity contribution in [3.63, 3.8) is 0 Å². The second-order valence-corrected chi connectivity index (χ2v) is 5.91. The molecule has 1 aromatic carbocycles. The van der Waals surface area contributed by atoms with Gasteiger partial charge in [0.1, 0.15) is 5.82 Å². The summed E-state index contributed by atoms with van der Waals surface area (Å²) in [5.74, 6) is -0.750. The fourth-order valence-electron chi connectivity index (χ4n) is 1.70. The largest absolute Gasteiger partial charge is 0.288 e. The summed E-state index contributed by atoms with van der Waals surface area (Å²) in [4.78, 5) is 13.9. The molecule has 0 N–H and O–H groups in total. The van der Waals surface area contributed by atoms with E-state index in [2.05, 4.69) is 15.9 Å². The number of halogens is 2. The van der Waals surface area contributed by atoms with Crippen LogP contribution in [0.15, 0.2) is 28.7 Å². The van der Waals surface area contributed by atoms with Crippen LogP contribution in [0.25, 0.3) is 0 Å². The van der Waals surface area contributed by atoms with E-state index in [1.807, 2.05) is 19.9 Å². The lowest BCUT2D eigenvalue weighted by molar-refractivity contribution is 0.103. The Hall–Kier alpha value is -1.000.